The third-order valence-electron chi connectivity index (χ3n) is 7.86. The van der Waals surface area contributed by atoms with Gasteiger partial charge >= 0.3 is 12.3 Å². The van der Waals surface area contributed by atoms with Crippen molar-refractivity contribution < 1.29 is 27.5 Å². The summed E-state index contributed by atoms with van der Waals surface area (Å²) in [5.74, 6) is -0.910. The van der Waals surface area contributed by atoms with E-state index >= 15 is 0 Å². The molecule has 0 bridgehead atoms. The number of hydrogen-bond acceptors (Lipinski definition) is 5. The van der Waals surface area contributed by atoms with Crippen LogP contribution in [0.15, 0.2) is 52.4 Å². The number of carbonyl (C=O) groups is 1. The monoisotopic (exact) mass is 541 g/mol. The van der Waals surface area contributed by atoms with Crippen LogP contribution in [0, 0.1) is 23.1 Å². The van der Waals surface area contributed by atoms with Crippen molar-refractivity contribution in [3.8, 4) is 6.07 Å². The number of guanidine groups is 1. The highest BCUT2D eigenvalue weighted by Gasteiger charge is 2.42. The number of carboxylic acid groups (broad SMARTS) is 1. The van der Waals surface area contributed by atoms with Crippen LogP contribution in [0.2, 0.25) is 0 Å². The molecule has 2 aromatic carbocycles. The molecule has 3 unspecified atom stereocenters. The first kappa shape index (κ1) is 26.7. The summed E-state index contributed by atoms with van der Waals surface area (Å²) in [7, 11) is 0. The van der Waals surface area contributed by atoms with E-state index in [1.807, 2.05) is 11.0 Å². The first-order chi connectivity index (χ1) is 18.6. The number of nitriles is 1. The van der Waals surface area contributed by atoms with Gasteiger partial charge in [0.05, 0.1) is 22.9 Å². The lowest BCUT2D eigenvalue weighted by atomic mass is 9.71. The number of halogens is 4. The number of piperidine rings is 1. The molecule has 7 nitrogen and oxygen atoms in total. The van der Waals surface area contributed by atoms with Gasteiger partial charge in [0.2, 0.25) is 5.96 Å². The highest BCUT2D eigenvalue weighted by Crippen LogP contribution is 2.45. The fraction of sp³-hybridized carbons (Fsp3) is 0.429. The molecule has 2 fully saturated rings. The van der Waals surface area contributed by atoms with E-state index < -0.39 is 23.7 Å². The predicted molar refractivity (Wildman–Crippen MR) is 136 cm³/mol. The van der Waals surface area contributed by atoms with E-state index in [9.17, 15) is 22.4 Å². The van der Waals surface area contributed by atoms with E-state index in [2.05, 4.69) is 5.32 Å². The molecule has 3 atom stereocenters. The lowest BCUT2D eigenvalue weighted by molar-refractivity contribution is -0.138. The molecule has 1 aliphatic carbocycles. The molecule has 0 spiro atoms. The quantitative estimate of drug-likeness (QED) is 0.497. The average Bonchev–Trinajstić information content (AvgIpc) is 2.92. The number of rotatable bonds is 3. The molecule has 3 aliphatic rings. The summed E-state index contributed by atoms with van der Waals surface area (Å²) in [6.45, 7) is 1.06. The summed E-state index contributed by atoms with van der Waals surface area (Å²) < 4.78 is 56.0. The van der Waals surface area contributed by atoms with Crippen molar-refractivity contribution in [2.24, 2.45) is 15.9 Å². The second-order valence-electron chi connectivity index (χ2n) is 10.2. The molecule has 0 radical (unpaired) electrons. The lowest BCUT2D eigenvalue weighted by Crippen LogP contribution is -2.48. The second kappa shape index (κ2) is 10.7. The lowest BCUT2D eigenvalue weighted by Gasteiger charge is -2.40. The zero-order valence-electron chi connectivity index (χ0n) is 21.0. The van der Waals surface area contributed by atoms with Crippen molar-refractivity contribution in [2.45, 2.75) is 56.3 Å². The minimum absolute atomic E-state index is 0.103. The Balaban J connectivity index is 1.47. The number of likely N-dealkylation sites (tertiary alicyclic amines) is 1. The second-order valence-corrected chi connectivity index (χ2v) is 10.2. The summed E-state index contributed by atoms with van der Waals surface area (Å²) in [6, 6.07) is 11.3. The number of nitrogens with zero attached hydrogens (tertiary/aromatic N) is 4. The normalized spacial score (nSPS) is 23.8. The van der Waals surface area contributed by atoms with Gasteiger partial charge in [0.15, 0.2) is 0 Å². The van der Waals surface area contributed by atoms with Crippen molar-refractivity contribution in [1.29, 1.82) is 5.26 Å². The van der Waals surface area contributed by atoms with Crippen molar-refractivity contribution >= 4 is 17.8 Å². The minimum atomic E-state index is -4.47. The van der Waals surface area contributed by atoms with Crippen molar-refractivity contribution in [3.63, 3.8) is 0 Å². The van der Waals surface area contributed by atoms with Crippen LogP contribution in [0.1, 0.15) is 60.3 Å². The number of nitrogens with one attached hydrogen (secondary N) is 1. The fourth-order valence-electron chi connectivity index (χ4n) is 5.96. The number of amides is 1. The van der Waals surface area contributed by atoms with Crippen LogP contribution in [0.3, 0.4) is 0 Å². The molecular formula is C28H27F4N5O2. The Morgan fingerprint density at radius 1 is 1.10 bits per heavy atom. The maximum atomic E-state index is 14.7. The first-order valence-electron chi connectivity index (χ1n) is 12.9. The topological polar surface area (TPSA) is 101 Å². The van der Waals surface area contributed by atoms with Gasteiger partial charge in [0, 0.05) is 25.0 Å². The van der Waals surface area contributed by atoms with Crippen molar-refractivity contribution in [2.75, 3.05) is 13.1 Å². The molecule has 2 aromatic rings. The van der Waals surface area contributed by atoms with Gasteiger partial charge in [0.25, 0.3) is 0 Å². The zero-order valence-corrected chi connectivity index (χ0v) is 21.0. The van der Waals surface area contributed by atoms with Gasteiger partial charge in [0.1, 0.15) is 11.9 Å². The Morgan fingerprint density at radius 3 is 2.51 bits per heavy atom. The molecule has 204 valence electrons. The Labute approximate surface area is 222 Å². The molecule has 1 saturated carbocycles. The van der Waals surface area contributed by atoms with Gasteiger partial charge in [-0.2, -0.15) is 18.4 Å². The highest BCUT2D eigenvalue weighted by atomic mass is 19.4. The summed E-state index contributed by atoms with van der Waals surface area (Å²) in [5, 5.41) is 20.7. The largest absolute Gasteiger partial charge is 0.465 e. The molecular weight excluding hydrogens is 514 g/mol. The molecule has 1 saturated heterocycles. The van der Waals surface area contributed by atoms with Crippen LogP contribution in [-0.2, 0) is 6.18 Å². The highest BCUT2D eigenvalue weighted by molar-refractivity contribution is 6.10. The molecule has 1 amide bonds. The maximum absolute atomic E-state index is 14.7. The van der Waals surface area contributed by atoms with E-state index in [0.29, 0.717) is 62.4 Å². The molecule has 2 heterocycles. The molecule has 2 aliphatic heterocycles. The average molecular weight is 542 g/mol. The number of benzene rings is 2. The van der Waals surface area contributed by atoms with Crippen LogP contribution >= 0.6 is 0 Å². The third-order valence-corrected chi connectivity index (χ3v) is 7.86. The van der Waals surface area contributed by atoms with Gasteiger partial charge in [-0.25, -0.2) is 19.2 Å². The Kier molecular flexibility index (Phi) is 7.30. The third kappa shape index (κ3) is 5.60. The van der Waals surface area contributed by atoms with Crippen LogP contribution in [0.5, 0.6) is 0 Å². The molecule has 5 rings (SSSR count). The number of aliphatic imine (C=N–C) groups is 2. The maximum Gasteiger partial charge on any atom is 0.416 e. The number of fused-ring (bicyclic) bond motifs is 1. The van der Waals surface area contributed by atoms with E-state index in [1.54, 1.807) is 12.1 Å². The van der Waals surface area contributed by atoms with Crippen LogP contribution in [-0.4, -0.2) is 52.9 Å². The smallest absolute Gasteiger partial charge is 0.416 e. The Hall–Kier alpha value is -3.94. The molecule has 0 aromatic heterocycles. The number of alkyl halides is 3. The summed E-state index contributed by atoms with van der Waals surface area (Å²) in [6.07, 6.45) is -2.96. The Morgan fingerprint density at radius 2 is 1.85 bits per heavy atom. The van der Waals surface area contributed by atoms with E-state index in [-0.39, 0.29) is 35.0 Å². The van der Waals surface area contributed by atoms with Crippen LogP contribution < -0.4 is 5.32 Å². The van der Waals surface area contributed by atoms with Crippen molar-refractivity contribution in [1.82, 2.24) is 10.2 Å². The van der Waals surface area contributed by atoms with Gasteiger partial charge in [-0.05, 0) is 67.3 Å². The fourth-order valence-corrected chi connectivity index (χ4v) is 5.96. The molecule has 2 N–H and O–H groups in total. The van der Waals surface area contributed by atoms with Crippen molar-refractivity contribution in [3.05, 3.63) is 70.5 Å². The van der Waals surface area contributed by atoms with Gasteiger partial charge in [-0.3, -0.25) is 0 Å². The molecule has 39 heavy (non-hydrogen) atoms. The van der Waals surface area contributed by atoms with E-state index in [4.69, 9.17) is 20.4 Å². The minimum Gasteiger partial charge on any atom is -0.465 e. The first-order valence-corrected chi connectivity index (χ1v) is 12.9. The van der Waals surface area contributed by atoms with Gasteiger partial charge in [-0.1, -0.05) is 24.3 Å². The summed E-state index contributed by atoms with van der Waals surface area (Å²) in [4.78, 5) is 22.7. The molecule has 11 heteroatoms. The van der Waals surface area contributed by atoms with Crippen LogP contribution in [0.4, 0.5) is 22.4 Å². The Bertz CT molecular complexity index is 1360. The predicted octanol–water partition coefficient (Wildman–Crippen LogP) is 5.56. The van der Waals surface area contributed by atoms with Crippen LogP contribution in [0.25, 0.3) is 0 Å². The summed E-state index contributed by atoms with van der Waals surface area (Å²) in [5.41, 5.74) is 0.523. The standard InChI is InChI=1S/C28H27F4N5O2/c29-23-14-17(5-6-18(23)15-33)25-21-13-16(20-3-1-2-4-22(20)28(30,31)32)7-8-24(21)35-26(36-25)37-11-9-19(10-12-37)34-27(38)39/h1-6,14,16,19,21,24,34H,7-13H2,(H,38,39). The number of hydrogen-bond donors (Lipinski definition) is 2. The van der Waals surface area contributed by atoms with E-state index in [0.717, 1.165) is 6.07 Å². The summed E-state index contributed by atoms with van der Waals surface area (Å²) >= 11 is 0. The van der Waals surface area contributed by atoms with Gasteiger partial charge in [-0.15, -0.1) is 0 Å². The zero-order chi connectivity index (χ0) is 27.7. The van der Waals surface area contributed by atoms with Gasteiger partial charge < -0.3 is 15.3 Å². The van der Waals surface area contributed by atoms with E-state index in [1.165, 1.54) is 24.3 Å². The SMILES string of the molecule is N#Cc1ccc(C2=NC(N3CCC(NC(=O)O)CC3)=NC3CCC(c4ccccc4C(F)(F)F)CC23)cc1F.